The molecule has 0 heterocycles. The molecular weight excluding hydrogens is 233 g/mol. The van der Waals surface area contributed by atoms with E-state index in [1.165, 1.54) is 24.3 Å². The van der Waals surface area contributed by atoms with Crippen LogP contribution in [0.3, 0.4) is 0 Å². The fourth-order valence-corrected chi connectivity index (χ4v) is 1.07. The van der Waals surface area contributed by atoms with Crippen LogP contribution in [0.2, 0.25) is 0 Å². The molecule has 2 nitrogen and oxygen atoms in total. The minimum atomic E-state index is -4.67. The van der Waals surface area contributed by atoms with Crippen LogP contribution in [-0.2, 0) is 4.79 Å². The summed E-state index contributed by atoms with van der Waals surface area (Å²) in [6.07, 6.45) is -4.50. The standard InChI is InChI=1S/C10H7F3O2.C2H6/c11-10(12,13)8(6-9(14)15)7-4-2-1-3-5-7;1-2/h1-6H,(H,14,15);1-2H3/b8-6+;. The molecule has 0 bridgehead atoms. The van der Waals surface area contributed by atoms with E-state index in [0.29, 0.717) is 0 Å². The van der Waals surface area contributed by atoms with Crippen molar-refractivity contribution in [1.29, 1.82) is 0 Å². The molecule has 17 heavy (non-hydrogen) atoms. The zero-order valence-corrected chi connectivity index (χ0v) is 9.45. The fourth-order valence-electron chi connectivity index (χ4n) is 1.07. The Bertz CT molecular complexity index is 380. The Hall–Kier alpha value is -1.78. The zero-order valence-electron chi connectivity index (χ0n) is 9.45. The number of aliphatic carboxylic acids is 1. The summed E-state index contributed by atoms with van der Waals surface area (Å²) in [5.74, 6) is -1.62. The third kappa shape index (κ3) is 5.19. The van der Waals surface area contributed by atoms with E-state index < -0.39 is 17.7 Å². The van der Waals surface area contributed by atoms with E-state index in [-0.39, 0.29) is 11.6 Å². The number of carboxylic acid groups (broad SMARTS) is 1. The summed E-state index contributed by atoms with van der Waals surface area (Å²) in [6.45, 7) is 4.00. The van der Waals surface area contributed by atoms with Gasteiger partial charge in [-0.05, 0) is 5.56 Å². The Balaban J connectivity index is 0.00000121. The molecule has 94 valence electrons. The third-order valence-electron chi connectivity index (χ3n) is 1.66. The van der Waals surface area contributed by atoms with Crippen molar-refractivity contribution in [3.63, 3.8) is 0 Å². The largest absolute Gasteiger partial charge is 0.478 e. The Kier molecular flexibility index (Phi) is 6.02. The number of hydrogen-bond acceptors (Lipinski definition) is 1. The zero-order chi connectivity index (χ0) is 13.5. The molecule has 0 aliphatic heterocycles. The van der Waals surface area contributed by atoms with Gasteiger partial charge in [0.1, 0.15) is 0 Å². The molecule has 5 heteroatoms. The van der Waals surface area contributed by atoms with Gasteiger partial charge in [-0.1, -0.05) is 44.2 Å². The number of halogens is 3. The first kappa shape index (κ1) is 15.2. The highest BCUT2D eigenvalue weighted by Crippen LogP contribution is 2.33. The second-order valence-corrected chi connectivity index (χ2v) is 2.76. The monoisotopic (exact) mass is 246 g/mol. The van der Waals surface area contributed by atoms with Crippen LogP contribution in [-0.4, -0.2) is 17.3 Å². The molecule has 0 aromatic heterocycles. The minimum absolute atomic E-state index is 0.160. The van der Waals surface area contributed by atoms with Crippen LogP contribution in [0.15, 0.2) is 36.4 Å². The lowest BCUT2D eigenvalue weighted by molar-refractivity contribution is -0.131. The van der Waals surface area contributed by atoms with Gasteiger partial charge in [0.2, 0.25) is 0 Å². The first-order valence-corrected chi connectivity index (χ1v) is 4.98. The molecule has 0 amide bonds. The van der Waals surface area contributed by atoms with Gasteiger partial charge in [-0.2, -0.15) is 13.2 Å². The Morgan fingerprint density at radius 3 is 2.00 bits per heavy atom. The number of benzene rings is 1. The Morgan fingerprint density at radius 1 is 1.18 bits per heavy atom. The van der Waals surface area contributed by atoms with Gasteiger partial charge in [0.05, 0.1) is 5.57 Å². The van der Waals surface area contributed by atoms with Gasteiger partial charge in [0.25, 0.3) is 0 Å². The maximum atomic E-state index is 12.4. The highest BCUT2D eigenvalue weighted by molar-refractivity contribution is 5.91. The topological polar surface area (TPSA) is 37.3 Å². The van der Waals surface area contributed by atoms with Crippen molar-refractivity contribution < 1.29 is 23.1 Å². The van der Waals surface area contributed by atoms with Gasteiger partial charge in [-0.15, -0.1) is 0 Å². The van der Waals surface area contributed by atoms with E-state index in [4.69, 9.17) is 5.11 Å². The average Bonchev–Trinajstić information content (AvgIpc) is 2.28. The van der Waals surface area contributed by atoms with Crippen molar-refractivity contribution in [2.75, 3.05) is 0 Å². The first-order chi connectivity index (χ1) is 7.91. The van der Waals surface area contributed by atoms with E-state index in [1.54, 1.807) is 6.07 Å². The smallest absolute Gasteiger partial charge is 0.417 e. The van der Waals surface area contributed by atoms with E-state index >= 15 is 0 Å². The molecule has 0 fully saturated rings. The van der Waals surface area contributed by atoms with Crippen LogP contribution >= 0.6 is 0 Å². The second-order valence-electron chi connectivity index (χ2n) is 2.76. The summed E-state index contributed by atoms with van der Waals surface area (Å²) in [5, 5.41) is 8.33. The number of carbonyl (C=O) groups is 1. The summed E-state index contributed by atoms with van der Waals surface area (Å²) in [4.78, 5) is 10.3. The maximum Gasteiger partial charge on any atom is 0.417 e. The number of carboxylic acids is 1. The van der Waals surface area contributed by atoms with E-state index in [2.05, 4.69) is 0 Å². The molecule has 0 radical (unpaired) electrons. The molecule has 0 aliphatic carbocycles. The van der Waals surface area contributed by atoms with Crippen molar-refractivity contribution in [2.45, 2.75) is 20.0 Å². The molecule has 1 aromatic rings. The Labute approximate surface area is 97.4 Å². The maximum absolute atomic E-state index is 12.4. The van der Waals surface area contributed by atoms with Gasteiger partial charge < -0.3 is 5.11 Å². The summed E-state index contributed by atoms with van der Waals surface area (Å²) in [6, 6.07) is 6.80. The lowest BCUT2D eigenvalue weighted by Gasteiger charge is -2.10. The molecule has 1 N–H and O–H groups in total. The van der Waals surface area contributed by atoms with Gasteiger partial charge in [0.15, 0.2) is 0 Å². The van der Waals surface area contributed by atoms with Crippen LogP contribution in [0.4, 0.5) is 13.2 Å². The third-order valence-corrected chi connectivity index (χ3v) is 1.66. The predicted molar refractivity (Wildman–Crippen MR) is 59.5 cm³/mol. The summed E-state index contributed by atoms with van der Waals surface area (Å²) in [7, 11) is 0. The van der Waals surface area contributed by atoms with Crippen LogP contribution in [0.25, 0.3) is 5.57 Å². The Morgan fingerprint density at radius 2 is 1.65 bits per heavy atom. The van der Waals surface area contributed by atoms with E-state index in [1.807, 2.05) is 13.8 Å². The number of allylic oxidation sites excluding steroid dienone is 1. The highest BCUT2D eigenvalue weighted by atomic mass is 19.4. The molecule has 0 saturated heterocycles. The average molecular weight is 246 g/mol. The van der Waals surface area contributed by atoms with Crippen LogP contribution in [0.1, 0.15) is 19.4 Å². The lowest BCUT2D eigenvalue weighted by Crippen LogP contribution is -2.12. The molecule has 0 unspecified atom stereocenters. The van der Waals surface area contributed by atoms with Gasteiger partial charge in [-0.25, -0.2) is 4.79 Å². The predicted octanol–water partition coefficient (Wildman–Crippen LogP) is 3.74. The molecule has 0 spiro atoms. The van der Waals surface area contributed by atoms with Crippen molar-refractivity contribution in [3.8, 4) is 0 Å². The normalized spacial score (nSPS) is 11.5. The van der Waals surface area contributed by atoms with Crippen molar-refractivity contribution in [1.82, 2.24) is 0 Å². The highest BCUT2D eigenvalue weighted by Gasteiger charge is 2.35. The van der Waals surface area contributed by atoms with Crippen molar-refractivity contribution >= 4 is 11.5 Å². The van der Waals surface area contributed by atoms with Crippen LogP contribution in [0, 0.1) is 0 Å². The van der Waals surface area contributed by atoms with E-state index in [9.17, 15) is 18.0 Å². The molecule has 0 atom stereocenters. The van der Waals surface area contributed by atoms with Gasteiger partial charge in [-0.3, -0.25) is 0 Å². The quantitative estimate of drug-likeness (QED) is 0.807. The SMILES string of the molecule is CC.O=C(O)/C=C(\c1ccccc1)C(F)(F)F. The van der Waals surface area contributed by atoms with Crippen LogP contribution < -0.4 is 0 Å². The van der Waals surface area contributed by atoms with Crippen molar-refractivity contribution in [2.24, 2.45) is 0 Å². The number of rotatable bonds is 2. The number of hydrogen-bond donors (Lipinski definition) is 1. The first-order valence-electron chi connectivity index (χ1n) is 4.98. The summed E-state index contributed by atoms with van der Waals surface area (Å²) in [5.41, 5.74) is -1.32. The lowest BCUT2D eigenvalue weighted by atomic mass is 10.1. The minimum Gasteiger partial charge on any atom is -0.478 e. The summed E-state index contributed by atoms with van der Waals surface area (Å²) >= 11 is 0. The van der Waals surface area contributed by atoms with Crippen molar-refractivity contribution in [3.05, 3.63) is 42.0 Å². The fraction of sp³-hybridized carbons (Fsp3) is 0.250. The van der Waals surface area contributed by atoms with Gasteiger partial charge >= 0.3 is 12.1 Å². The van der Waals surface area contributed by atoms with Crippen LogP contribution in [0.5, 0.6) is 0 Å². The molecule has 0 saturated carbocycles. The van der Waals surface area contributed by atoms with E-state index in [0.717, 1.165) is 0 Å². The summed E-state index contributed by atoms with van der Waals surface area (Å²) < 4.78 is 37.3. The molecule has 0 aliphatic rings. The molecule has 1 rings (SSSR count). The van der Waals surface area contributed by atoms with Gasteiger partial charge in [0, 0.05) is 6.08 Å². The molecule has 1 aromatic carbocycles. The second kappa shape index (κ2) is 6.73. The molecular formula is C12H13F3O2. The number of alkyl halides is 3.